The standard InChI is InChI=1S/C14H17ClN4O2S/c1-18-8-14(17-9-18)22(20,21)19-6-11(13(16)7-19)10-4-2-3-5-12(10)15/h2-5,8-9,11,13H,6-7,16H2,1H3/t11-,13+/m1/s1. The summed E-state index contributed by atoms with van der Waals surface area (Å²) in [5.41, 5.74) is 7.04. The largest absolute Gasteiger partial charge is 0.339 e. The van der Waals surface area contributed by atoms with Crippen LogP contribution in [0.4, 0.5) is 0 Å². The number of aromatic nitrogens is 2. The van der Waals surface area contributed by atoms with Gasteiger partial charge in [0.1, 0.15) is 0 Å². The highest BCUT2D eigenvalue weighted by Gasteiger charge is 2.39. The molecule has 118 valence electrons. The Bertz CT molecular complexity index is 790. The minimum atomic E-state index is -3.63. The number of aryl methyl sites for hydroxylation is 1. The third-order valence-corrected chi connectivity index (χ3v) is 5.98. The fraction of sp³-hybridized carbons (Fsp3) is 0.357. The third kappa shape index (κ3) is 2.65. The number of imidazole rings is 1. The molecule has 1 saturated heterocycles. The summed E-state index contributed by atoms with van der Waals surface area (Å²) >= 11 is 6.21. The molecular formula is C14H17ClN4O2S. The Balaban J connectivity index is 1.89. The first-order chi connectivity index (χ1) is 10.4. The van der Waals surface area contributed by atoms with E-state index in [9.17, 15) is 8.42 Å². The predicted octanol–water partition coefficient (Wildman–Crippen LogP) is 1.19. The van der Waals surface area contributed by atoms with Crippen LogP contribution >= 0.6 is 11.6 Å². The SMILES string of the molecule is Cn1cnc(S(=O)(=O)N2C[C@H](c3ccccc3Cl)[C@@H](N)C2)c1. The molecule has 1 fully saturated rings. The predicted molar refractivity (Wildman–Crippen MR) is 84.1 cm³/mol. The first-order valence-electron chi connectivity index (χ1n) is 6.87. The first kappa shape index (κ1) is 15.5. The number of sulfonamides is 1. The summed E-state index contributed by atoms with van der Waals surface area (Å²) in [6.45, 7) is 0.568. The van der Waals surface area contributed by atoms with Gasteiger partial charge in [-0.2, -0.15) is 4.31 Å². The zero-order valence-corrected chi connectivity index (χ0v) is 13.6. The smallest absolute Gasteiger partial charge is 0.262 e. The van der Waals surface area contributed by atoms with E-state index in [-0.39, 0.29) is 23.5 Å². The molecule has 0 spiro atoms. The fourth-order valence-electron chi connectivity index (χ4n) is 2.75. The van der Waals surface area contributed by atoms with Crippen LogP contribution in [0.15, 0.2) is 41.8 Å². The van der Waals surface area contributed by atoms with E-state index in [0.29, 0.717) is 11.6 Å². The van der Waals surface area contributed by atoms with Crippen molar-refractivity contribution in [2.45, 2.75) is 17.0 Å². The molecule has 0 unspecified atom stereocenters. The van der Waals surface area contributed by atoms with Gasteiger partial charge in [0.2, 0.25) is 0 Å². The van der Waals surface area contributed by atoms with E-state index in [1.807, 2.05) is 18.2 Å². The highest BCUT2D eigenvalue weighted by atomic mass is 35.5. The van der Waals surface area contributed by atoms with Crippen molar-refractivity contribution in [1.29, 1.82) is 0 Å². The number of halogens is 1. The normalized spacial score (nSPS) is 23.0. The second-order valence-corrected chi connectivity index (χ2v) is 7.78. The van der Waals surface area contributed by atoms with Gasteiger partial charge in [-0.25, -0.2) is 13.4 Å². The lowest BCUT2D eigenvalue weighted by Gasteiger charge is -2.16. The molecule has 1 aromatic carbocycles. The van der Waals surface area contributed by atoms with Crippen molar-refractivity contribution in [3.63, 3.8) is 0 Å². The Morgan fingerprint density at radius 1 is 1.32 bits per heavy atom. The number of hydrogen-bond acceptors (Lipinski definition) is 4. The summed E-state index contributed by atoms with van der Waals surface area (Å²) in [7, 11) is -1.90. The monoisotopic (exact) mass is 340 g/mol. The highest BCUT2D eigenvalue weighted by Crippen LogP contribution is 2.33. The molecule has 0 radical (unpaired) electrons. The van der Waals surface area contributed by atoms with Crippen molar-refractivity contribution in [1.82, 2.24) is 13.9 Å². The van der Waals surface area contributed by atoms with Crippen molar-refractivity contribution in [3.8, 4) is 0 Å². The fourth-order valence-corrected chi connectivity index (χ4v) is 4.49. The average Bonchev–Trinajstić information content (AvgIpc) is 3.06. The molecule has 8 heteroatoms. The lowest BCUT2D eigenvalue weighted by Crippen LogP contribution is -2.32. The van der Waals surface area contributed by atoms with Crippen molar-refractivity contribution in [2.75, 3.05) is 13.1 Å². The van der Waals surface area contributed by atoms with Gasteiger partial charge in [-0.05, 0) is 11.6 Å². The maximum absolute atomic E-state index is 12.6. The van der Waals surface area contributed by atoms with Gasteiger partial charge in [-0.1, -0.05) is 29.8 Å². The summed E-state index contributed by atoms with van der Waals surface area (Å²) in [6.07, 6.45) is 2.96. The number of nitrogens with zero attached hydrogens (tertiary/aromatic N) is 3. The van der Waals surface area contributed by atoms with Gasteiger partial charge in [-0.15, -0.1) is 0 Å². The molecule has 1 aliphatic heterocycles. The molecule has 0 bridgehead atoms. The molecular weight excluding hydrogens is 324 g/mol. The van der Waals surface area contributed by atoms with E-state index in [4.69, 9.17) is 17.3 Å². The summed E-state index contributed by atoms with van der Waals surface area (Å²) < 4.78 is 28.2. The third-order valence-electron chi connectivity index (χ3n) is 3.92. The van der Waals surface area contributed by atoms with Crippen LogP contribution in [0.1, 0.15) is 11.5 Å². The van der Waals surface area contributed by atoms with Gasteiger partial charge in [-0.3, -0.25) is 0 Å². The minimum Gasteiger partial charge on any atom is -0.339 e. The Labute approximate surface area is 134 Å². The molecule has 6 nitrogen and oxygen atoms in total. The van der Waals surface area contributed by atoms with Crippen LogP contribution in [-0.4, -0.2) is 41.4 Å². The quantitative estimate of drug-likeness (QED) is 0.910. The van der Waals surface area contributed by atoms with Crippen LogP contribution in [-0.2, 0) is 17.1 Å². The van der Waals surface area contributed by atoms with Crippen LogP contribution < -0.4 is 5.73 Å². The number of rotatable bonds is 3. The van der Waals surface area contributed by atoms with Crippen molar-refractivity contribution >= 4 is 21.6 Å². The second kappa shape index (κ2) is 5.66. The lowest BCUT2D eigenvalue weighted by molar-refractivity contribution is 0.467. The molecule has 3 rings (SSSR count). The second-order valence-electron chi connectivity index (χ2n) is 5.49. The number of benzene rings is 1. The van der Waals surface area contributed by atoms with E-state index < -0.39 is 10.0 Å². The number of nitrogens with two attached hydrogens (primary N) is 1. The van der Waals surface area contributed by atoms with Crippen LogP contribution in [0.2, 0.25) is 5.02 Å². The Morgan fingerprint density at radius 2 is 2.05 bits per heavy atom. The molecule has 0 aliphatic carbocycles. The lowest BCUT2D eigenvalue weighted by atomic mass is 9.95. The summed E-state index contributed by atoms with van der Waals surface area (Å²) in [4.78, 5) is 3.94. The van der Waals surface area contributed by atoms with Gasteiger partial charge < -0.3 is 10.3 Å². The van der Waals surface area contributed by atoms with Crippen LogP contribution in [0.25, 0.3) is 0 Å². The van der Waals surface area contributed by atoms with E-state index in [1.165, 1.54) is 16.8 Å². The molecule has 0 amide bonds. The van der Waals surface area contributed by atoms with Crippen molar-refractivity contribution in [2.24, 2.45) is 12.8 Å². The average molecular weight is 341 g/mol. The molecule has 0 saturated carbocycles. The molecule has 1 aromatic heterocycles. The van der Waals surface area contributed by atoms with E-state index in [1.54, 1.807) is 17.7 Å². The Hall–Kier alpha value is -1.41. The maximum Gasteiger partial charge on any atom is 0.262 e. The Morgan fingerprint density at radius 3 is 2.68 bits per heavy atom. The zero-order chi connectivity index (χ0) is 15.9. The van der Waals surface area contributed by atoms with Gasteiger partial charge in [0, 0.05) is 43.3 Å². The topological polar surface area (TPSA) is 81.2 Å². The summed E-state index contributed by atoms with van der Waals surface area (Å²) in [5, 5.41) is 0.655. The van der Waals surface area contributed by atoms with Crippen molar-refractivity contribution < 1.29 is 8.42 Å². The Kier molecular flexibility index (Phi) is 3.98. The molecule has 2 heterocycles. The van der Waals surface area contributed by atoms with Crippen LogP contribution in [0, 0.1) is 0 Å². The summed E-state index contributed by atoms with van der Waals surface area (Å²) in [5.74, 6) is -0.118. The molecule has 22 heavy (non-hydrogen) atoms. The van der Waals surface area contributed by atoms with E-state index in [2.05, 4.69) is 4.98 Å². The van der Waals surface area contributed by atoms with Crippen LogP contribution in [0.3, 0.4) is 0 Å². The molecule has 2 atom stereocenters. The van der Waals surface area contributed by atoms with Crippen LogP contribution in [0.5, 0.6) is 0 Å². The van der Waals surface area contributed by atoms with Gasteiger partial charge in [0.25, 0.3) is 10.0 Å². The zero-order valence-electron chi connectivity index (χ0n) is 12.1. The highest BCUT2D eigenvalue weighted by molar-refractivity contribution is 7.89. The molecule has 1 aliphatic rings. The minimum absolute atomic E-state index is 0.0435. The van der Waals surface area contributed by atoms with E-state index in [0.717, 1.165) is 5.56 Å². The first-order valence-corrected chi connectivity index (χ1v) is 8.69. The number of hydrogen-bond donors (Lipinski definition) is 1. The molecule has 2 aromatic rings. The van der Waals surface area contributed by atoms with Crippen molar-refractivity contribution in [3.05, 3.63) is 47.4 Å². The van der Waals surface area contributed by atoms with Gasteiger partial charge >= 0.3 is 0 Å². The van der Waals surface area contributed by atoms with E-state index >= 15 is 0 Å². The molecule has 2 N–H and O–H groups in total. The van der Waals surface area contributed by atoms with Gasteiger partial charge in [0.05, 0.1) is 6.33 Å². The summed E-state index contributed by atoms with van der Waals surface area (Å²) in [6, 6.07) is 7.11. The maximum atomic E-state index is 12.6. The van der Waals surface area contributed by atoms with Gasteiger partial charge in [0.15, 0.2) is 5.03 Å².